The molecule has 3 atom stereocenters. The van der Waals surface area contributed by atoms with Crippen LogP contribution in [-0.4, -0.2) is 13.2 Å². The molecule has 1 aromatic rings. The Kier molecular flexibility index (Phi) is 4.14. The zero-order valence-corrected chi connectivity index (χ0v) is 14.8. The van der Waals surface area contributed by atoms with E-state index in [2.05, 4.69) is 58.0 Å². The van der Waals surface area contributed by atoms with Gasteiger partial charge in [0.25, 0.3) is 0 Å². The van der Waals surface area contributed by atoms with Gasteiger partial charge in [-0.15, -0.1) is 0 Å². The van der Waals surface area contributed by atoms with Gasteiger partial charge in [-0.3, -0.25) is 0 Å². The topological polar surface area (TPSA) is 9.23 Å². The first kappa shape index (κ1) is 16.1. The number of ether oxygens (including phenoxy) is 1. The number of hydrogen-bond acceptors (Lipinski definition) is 1. The van der Waals surface area contributed by atoms with E-state index in [0.29, 0.717) is 16.2 Å². The quantitative estimate of drug-likeness (QED) is 0.704. The number of rotatable bonds is 4. The Morgan fingerprint density at radius 1 is 1.00 bits per heavy atom. The molecule has 3 rings (SSSR count). The summed E-state index contributed by atoms with van der Waals surface area (Å²) in [7, 11) is 0. The van der Waals surface area contributed by atoms with Crippen LogP contribution >= 0.6 is 0 Å². The summed E-state index contributed by atoms with van der Waals surface area (Å²) in [5.74, 6) is 0.850. The van der Waals surface area contributed by atoms with Gasteiger partial charge in [-0.1, -0.05) is 51.1 Å². The van der Waals surface area contributed by atoms with Crippen LogP contribution in [-0.2, 0) is 10.2 Å². The lowest BCUT2D eigenvalue weighted by Crippen LogP contribution is -2.50. The summed E-state index contributed by atoms with van der Waals surface area (Å²) in [6.45, 7) is 11.3. The summed E-state index contributed by atoms with van der Waals surface area (Å²) in [4.78, 5) is 0. The lowest BCUT2D eigenvalue weighted by Gasteiger charge is -2.57. The zero-order valence-electron chi connectivity index (χ0n) is 14.8. The van der Waals surface area contributed by atoms with Crippen molar-refractivity contribution in [2.45, 2.75) is 65.2 Å². The highest BCUT2D eigenvalue weighted by molar-refractivity contribution is 5.29. The maximum absolute atomic E-state index is 5.87. The molecule has 2 fully saturated rings. The smallest absolute Gasteiger partial charge is 0.0520 e. The van der Waals surface area contributed by atoms with Gasteiger partial charge in [0.1, 0.15) is 0 Å². The fourth-order valence-electron chi connectivity index (χ4n) is 5.90. The van der Waals surface area contributed by atoms with Crippen LogP contribution in [0.4, 0.5) is 0 Å². The van der Waals surface area contributed by atoms with E-state index in [1.54, 1.807) is 5.56 Å². The maximum atomic E-state index is 5.87. The van der Waals surface area contributed by atoms with Crippen molar-refractivity contribution in [3.63, 3.8) is 0 Å². The molecule has 122 valence electrons. The summed E-state index contributed by atoms with van der Waals surface area (Å²) in [5, 5.41) is 0. The van der Waals surface area contributed by atoms with Gasteiger partial charge in [-0.2, -0.15) is 0 Å². The van der Waals surface area contributed by atoms with Crippen molar-refractivity contribution in [2.24, 2.45) is 16.7 Å². The Hall–Kier alpha value is -0.820. The number of hydrogen-bond donors (Lipinski definition) is 0. The Balaban J connectivity index is 1.96. The Morgan fingerprint density at radius 2 is 1.73 bits per heavy atom. The van der Waals surface area contributed by atoms with Crippen molar-refractivity contribution in [1.82, 2.24) is 0 Å². The molecule has 1 nitrogen and oxygen atoms in total. The molecule has 2 saturated carbocycles. The van der Waals surface area contributed by atoms with Crippen molar-refractivity contribution in [3.8, 4) is 0 Å². The van der Waals surface area contributed by atoms with E-state index in [4.69, 9.17) is 4.74 Å². The molecule has 0 amide bonds. The Morgan fingerprint density at radius 3 is 2.41 bits per heavy atom. The molecular weight excluding hydrogens is 268 g/mol. The van der Waals surface area contributed by atoms with Crippen molar-refractivity contribution in [2.75, 3.05) is 13.2 Å². The van der Waals surface area contributed by atoms with Crippen LogP contribution in [0, 0.1) is 16.7 Å². The van der Waals surface area contributed by atoms with Crippen LogP contribution in [0.15, 0.2) is 30.3 Å². The minimum Gasteiger partial charge on any atom is -0.381 e. The fraction of sp³-hybridized carbons (Fsp3) is 0.714. The summed E-state index contributed by atoms with van der Waals surface area (Å²) >= 11 is 0. The third-order valence-corrected chi connectivity index (χ3v) is 5.93. The average Bonchev–Trinajstić information content (AvgIpc) is 2.43. The summed E-state index contributed by atoms with van der Waals surface area (Å²) < 4.78 is 5.87. The summed E-state index contributed by atoms with van der Waals surface area (Å²) in [5.41, 5.74) is 2.73. The van der Waals surface area contributed by atoms with Crippen LogP contribution in [0.25, 0.3) is 0 Å². The standard InChI is InChI=1S/C21H32O/c1-5-22-16-20(4)12-17-11-19(2,3)14-21(13-17,15-20)18-9-7-6-8-10-18/h6-10,17H,5,11-16H2,1-4H3. The molecule has 0 radical (unpaired) electrons. The molecule has 0 aromatic heterocycles. The largest absolute Gasteiger partial charge is 0.381 e. The maximum Gasteiger partial charge on any atom is 0.0520 e. The van der Waals surface area contributed by atoms with Crippen LogP contribution in [0.3, 0.4) is 0 Å². The van der Waals surface area contributed by atoms with Crippen LogP contribution in [0.2, 0.25) is 0 Å². The highest BCUT2D eigenvalue weighted by atomic mass is 16.5. The first-order valence-electron chi connectivity index (χ1n) is 9.00. The molecule has 0 heterocycles. The van der Waals surface area contributed by atoms with Crippen LogP contribution in [0.1, 0.15) is 65.4 Å². The molecule has 1 aromatic carbocycles. The first-order valence-corrected chi connectivity index (χ1v) is 9.00. The van der Waals surface area contributed by atoms with Gasteiger partial charge in [-0.25, -0.2) is 0 Å². The minimum atomic E-state index is 0.339. The van der Waals surface area contributed by atoms with Crippen LogP contribution in [0.5, 0.6) is 0 Å². The van der Waals surface area contributed by atoms with Crippen LogP contribution < -0.4 is 0 Å². The van der Waals surface area contributed by atoms with Crippen molar-refractivity contribution in [1.29, 1.82) is 0 Å². The molecule has 0 aliphatic heterocycles. The predicted molar refractivity (Wildman–Crippen MR) is 93.1 cm³/mol. The number of fused-ring (bicyclic) bond motifs is 2. The highest BCUT2D eigenvalue weighted by Crippen LogP contribution is 2.61. The molecular formula is C21H32O. The monoisotopic (exact) mass is 300 g/mol. The average molecular weight is 300 g/mol. The zero-order chi connectivity index (χ0) is 15.8. The third-order valence-electron chi connectivity index (χ3n) is 5.93. The van der Waals surface area contributed by atoms with E-state index in [1.807, 2.05) is 0 Å². The van der Waals surface area contributed by atoms with Crippen molar-refractivity contribution in [3.05, 3.63) is 35.9 Å². The lowest BCUT2D eigenvalue weighted by molar-refractivity contribution is -0.0524. The minimum absolute atomic E-state index is 0.339. The molecule has 0 N–H and O–H groups in total. The third kappa shape index (κ3) is 3.11. The van der Waals surface area contributed by atoms with Gasteiger partial charge in [-0.05, 0) is 66.8 Å². The molecule has 22 heavy (non-hydrogen) atoms. The van der Waals surface area contributed by atoms with E-state index in [9.17, 15) is 0 Å². The van der Waals surface area contributed by atoms with E-state index < -0.39 is 0 Å². The van der Waals surface area contributed by atoms with Crippen molar-refractivity contribution >= 4 is 0 Å². The molecule has 2 aliphatic carbocycles. The Bertz CT molecular complexity index is 506. The Labute approximate surface area is 136 Å². The lowest BCUT2D eigenvalue weighted by atomic mass is 9.48. The van der Waals surface area contributed by atoms with E-state index in [-0.39, 0.29) is 0 Å². The van der Waals surface area contributed by atoms with Gasteiger partial charge >= 0.3 is 0 Å². The van der Waals surface area contributed by atoms with E-state index >= 15 is 0 Å². The number of benzene rings is 1. The highest BCUT2D eigenvalue weighted by Gasteiger charge is 2.53. The fourth-order valence-corrected chi connectivity index (χ4v) is 5.90. The molecule has 2 aliphatic rings. The second-order valence-electron chi connectivity index (χ2n) is 9.09. The van der Waals surface area contributed by atoms with Gasteiger partial charge in [0.15, 0.2) is 0 Å². The van der Waals surface area contributed by atoms with Gasteiger partial charge in [0.05, 0.1) is 6.61 Å². The van der Waals surface area contributed by atoms with Gasteiger partial charge in [0, 0.05) is 6.61 Å². The molecule has 0 spiro atoms. The molecule has 2 bridgehead atoms. The predicted octanol–water partition coefficient (Wildman–Crippen LogP) is 5.59. The SMILES string of the molecule is CCOCC1(C)CC2CC(C)(C)CC(c3ccccc3)(C2)C1. The molecule has 3 unspecified atom stereocenters. The second-order valence-corrected chi connectivity index (χ2v) is 9.09. The molecule has 0 saturated heterocycles. The normalized spacial score (nSPS) is 37.0. The van der Waals surface area contributed by atoms with Gasteiger partial charge in [0.2, 0.25) is 0 Å². The summed E-state index contributed by atoms with van der Waals surface area (Å²) in [6, 6.07) is 11.3. The van der Waals surface area contributed by atoms with Crippen molar-refractivity contribution < 1.29 is 4.74 Å². The second kappa shape index (κ2) is 5.67. The summed E-state index contributed by atoms with van der Waals surface area (Å²) in [6.07, 6.45) is 6.70. The molecule has 1 heteroatoms. The van der Waals surface area contributed by atoms with E-state index in [0.717, 1.165) is 19.1 Å². The first-order chi connectivity index (χ1) is 10.4. The van der Waals surface area contributed by atoms with E-state index in [1.165, 1.54) is 32.1 Å². The van der Waals surface area contributed by atoms with Gasteiger partial charge < -0.3 is 4.74 Å².